The molecule has 21 heavy (non-hydrogen) atoms. The Morgan fingerprint density at radius 1 is 1.19 bits per heavy atom. The Balaban J connectivity index is 1.90. The molecule has 0 saturated carbocycles. The van der Waals surface area contributed by atoms with E-state index in [4.69, 9.17) is 21.7 Å². The van der Waals surface area contributed by atoms with Gasteiger partial charge in [-0.1, -0.05) is 0 Å². The normalized spacial score (nSPS) is 12.6. The summed E-state index contributed by atoms with van der Waals surface area (Å²) in [5.41, 5.74) is 1.74. The van der Waals surface area contributed by atoms with Gasteiger partial charge in [0.15, 0.2) is 22.1 Å². The molecule has 7 heteroatoms. The van der Waals surface area contributed by atoms with Crippen LogP contribution in [-0.2, 0) is 0 Å². The maximum Gasteiger partial charge on any atom is 0.231 e. The minimum Gasteiger partial charge on any atom is -0.454 e. The van der Waals surface area contributed by atoms with Crippen molar-refractivity contribution in [1.29, 1.82) is 0 Å². The Bertz CT molecular complexity index is 857. The molecule has 0 amide bonds. The van der Waals surface area contributed by atoms with Crippen molar-refractivity contribution in [3.8, 4) is 28.6 Å². The molecule has 0 spiro atoms. The first-order chi connectivity index (χ1) is 10.3. The van der Waals surface area contributed by atoms with E-state index in [-0.39, 0.29) is 6.79 Å². The lowest BCUT2D eigenvalue weighted by molar-refractivity contribution is 0.174. The maximum atomic E-state index is 5.41. The third-order valence-electron chi connectivity index (χ3n) is 3.21. The van der Waals surface area contributed by atoms with Crippen LogP contribution in [0.4, 0.5) is 0 Å². The first kappa shape index (κ1) is 12.1. The number of aromatic nitrogens is 4. The van der Waals surface area contributed by atoms with E-state index in [2.05, 4.69) is 15.2 Å². The molecule has 0 atom stereocenters. The first-order valence-electron chi connectivity index (χ1n) is 6.31. The summed E-state index contributed by atoms with van der Waals surface area (Å²) < 4.78 is 13.1. The van der Waals surface area contributed by atoms with Gasteiger partial charge in [-0.3, -0.25) is 14.6 Å². The van der Waals surface area contributed by atoms with Crippen molar-refractivity contribution < 1.29 is 9.47 Å². The molecule has 3 aromatic rings. The van der Waals surface area contributed by atoms with Gasteiger partial charge in [0.05, 0.1) is 5.69 Å². The van der Waals surface area contributed by atoms with Gasteiger partial charge in [-0.05, 0) is 36.5 Å². The molecule has 0 aliphatic carbocycles. The average molecular weight is 298 g/mol. The molecule has 0 saturated heterocycles. The highest BCUT2D eigenvalue weighted by atomic mass is 32.1. The van der Waals surface area contributed by atoms with Gasteiger partial charge in [-0.25, -0.2) is 0 Å². The number of nitrogens with one attached hydrogen (secondary N) is 1. The van der Waals surface area contributed by atoms with Crippen molar-refractivity contribution in [3.63, 3.8) is 0 Å². The molecule has 2 aromatic heterocycles. The van der Waals surface area contributed by atoms with Crippen LogP contribution in [0.2, 0.25) is 0 Å². The molecule has 104 valence electrons. The Morgan fingerprint density at radius 3 is 2.95 bits per heavy atom. The van der Waals surface area contributed by atoms with Crippen LogP contribution in [0.1, 0.15) is 0 Å². The second kappa shape index (κ2) is 4.71. The van der Waals surface area contributed by atoms with Gasteiger partial charge in [-0.2, -0.15) is 5.10 Å². The third-order valence-corrected chi connectivity index (χ3v) is 3.48. The van der Waals surface area contributed by atoms with E-state index in [1.807, 2.05) is 34.9 Å². The lowest BCUT2D eigenvalue weighted by atomic mass is 10.2. The molecule has 0 bridgehead atoms. The predicted molar refractivity (Wildman–Crippen MR) is 78.1 cm³/mol. The standard InChI is InChI=1S/C14H10N4O2S/c21-14-17-16-13(9-2-1-5-15-7-9)18(14)10-3-4-11-12(6-10)20-8-19-11/h1-7H,8H2,(H,17,21). The van der Waals surface area contributed by atoms with Crippen LogP contribution < -0.4 is 9.47 Å². The van der Waals surface area contributed by atoms with Gasteiger partial charge in [0.1, 0.15) is 0 Å². The molecule has 6 nitrogen and oxygen atoms in total. The Hall–Kier alpha value is -2.67. The zero-order chi connectivity index (χ0) is 14.2. The number of ether oxygens (including phenoxy) is 2. The van der Waals surface area contributed by atoms with Crippen molar-refractivity contribution >= 4 is 12.2 Å². The predicted octanol–water partition coefficient (Wildman–Crippen LogP) is 2.72. The lowest BCUT2D eigenvalue weighted by Crippen LogP contribution is -1.98. The minimum atomic E-state index is 0.241. The molecular weight excluding hydrogens is 288 g/mol. The first-order valence-corrected chi connectivity index (χ1v) is 6.71. The van der Waals surface area contributed by atoms with Crippen LogP contribution in [0.5, 0.6) is 11.5 Å². The SMILES string of the molecule is S=c1[nH]nc(-c2cccnc2)n1-c1ccc2c(c1)OCO2. The summed E-state index contributed by atoms with van der Waals surface area (Å²) in [5.74, 6) is 2.14. The summed E-state index contributed by atoms with van der Waals surface area (Å²) in [6, 6.07) is 9.45. The number of benzene rings is 1. The van der Waals surface area contributed by atoms with Gasteiger partial charge in [-0.15, -0.1) is 0 Å². The van der Waals surface area contributed by atoms with Crippen molar-refractivity contribution in [2.75, 3.05) is 6.79 Å². The molecule has 3 heterocycles. The number of aromatic amines is 1. The topological polar surface area (TPSA) is 65.0 Å². The molecule has 1 N–H and O–H groups in total. The summed E-state index contributed by atoms with van der Waals surface area (Å²) in [6.07, 6.45) is 3.46. The van der Waals surface area contributed by atoms with Gasteiger partial charge in [0.2, 0.25) is 6.79 Å². The highest BCUT2D eigenvalue weighted by molar-refractivity contribution is 7.71. The molecule has 0 radical (unpaired) electrons. The van der Waals surface area contributed by atoms with Crippen molar-refractivity contribution in [1.82, 2.24) is 19.7 Å². The Morgan fingerprint density at radius 2 is 2.10 bits per heavy atom. The van der Waals surface area contributed by atoms with Crippen LogP contribution in [0.25, 0.3) is 17.1 Å². The van der Waals surface area contributed by atoms with Crippen molar-refractivity contribution in [2.45, 2.75) is 0 Å². The average Bonchev–Trinajstić information content (AvgIpc) is 3.13. The van der Waals surface area contributed by atoms with Gasteiger partial charge in [0.25, 0.3) is 0 Å². The molecule has 1 aliphatic rings. The fourth-order valence-corrected chi connectivity index (χ4v) is 2.49. The number of fused-ring (bicyclic) bond motifs is 1. The second-order valence-corrected chi connectivity index (χ2v) is 4.85. The van der Waals surface area contributed by atoms with Gasteiger partial charge in [0, 0.05) is 24.0 Å². The zero-order valence-electron chi connectivity index (χ0n) is 10.8. The number of nitrogens with zero attached hydrogens (tertiary/aromatic N) is 3. The van der Waals surface area contributed by atoms with Crippen molar-refractivity contribution in [2.24, 2.45) is 0 Å². The largest absolute Gasteiger partial charge is 0.454 e. The number of rotatable bonds is 2. The fraction of sp³-hybridized carbons (Fsp3) is 0.0714. The molecule has 1 aliphatic heterocycles. The number of hydrogen-bond acceptors (Lipinski definition) is 5. The zero-order valence-corrected chi connectivity index (χ0v) is 11.6. The van der Waals surface area contributed by atoms with E-state index in [9.17, 15) is 0 Å². The van der Waals surface area contributed by atoms with Crippen LogP contribution in [0, 0.1) is 4.77 Å². The maximum absolute atomic E-state index is 5.41. The summed E-state index contributed by atoms with van der Waals surface area (Å²) in [5, 5.41) is 7.11. The number of H-pyrrole nitrogens is 1. The van der Waals surface area contributed by atoms with Crippen LogP contribution >= 0.6 is 12.2 Å². The molecule has 0 unspecified atom stereocenters. The molecular formula is C14H10N4O2S. The number of hydrogen-bond donors (Lipinski definition) is 1. The number of pyridine rings is 1. The fourth-order valence-electron chi connectivity index (χ4n) is 2.25. The van der Waals surface area contributed by atoms with E-state index < -0.39 is 0 Å². The quantitative estimate of drug-likeness (QED) is 0.737. The summed E-state index contributed by atoms with van der Waals surface area (Å²) in [7, 11) is 0. The van der Waals surface area contributed by atoms with E-state index >= 15 is 0 Å². The Labute approximate surface area is 125 Å². The van der Waals surface area contributed by atoms with Gasteiger partial charge >= 0.3 is 0 Å². The minimum absolute atomic E-state index is 0.241. The smallest absolute Gasteiger partial charge is 0.231 e. The second-order valence-electron chi connectivity index (χ2n) is 4.47. The van der Waals surface area contributed by atoms with Crippen LogP contribution in [0.15, 0.2) is 42.7 Å². The molecule has 4 rings (SSSR count). The highest BCUT2D eigenvalue weighted by Crippen LogP contribution is 2.34. The monoisotopic (exact) mass is 298 g/mol. The van der Waals surface area contributed by atoms with E-state index in [1.54, 1.807) is 12.4 Å². The lowest BCUT2D eigenvalue weighted by Gasteiger charge is -2.07. The van der Waals surface area contributed by atoms with E-state index in [0.29, 0.717) is 16.3 Å². The summed E-state index contributed by atoms with van der Waals surface area (Å²) >= 11 is 5.34. The molecule has 0 fully saturated rings. The van der Waals surface area contributed by atoms with E-state index in [1.165, 1.54) is 0 Å². The summed E-state index contributed by atoms with van der Waals surface area (Å²) in [4.78, 5) is 4.12. The van der Waals surface area contributed by atoms with Crippen molar-refractivity contribution in [3.05, 3.63) is 47.5 Å². The highest BCUT2D eigenvalue weighted by Gasteiger charge is 2.16. The van der Waals surface area contributed by atoms with Gasteiger partial charge < -0.3 is 9.47 Å². The third kappa shape index (κ3) is 1.98. The molecule has 1 aromatic carbocycles. The van der Waals surface area contributed by atoms with Crippen LogP contribution in [-0.4, -0.2) is 26.5 Å². The van der Waals surface area contributed by atoms with E-state index in [0.717, 1.165) is 17.0 Å². The summed E-state index contributed by atoms with van der Waals surface area (Å²) in [6.45, 7) is 0.241. The van der Waals surface area contributed by atoms with Crippen LogP contribution in [0.3, 0.4) is 0 Å². The Kier molecular flexibility index (Phi) is 2.71.